The molecule has 1 saturated carbocycles. The summed E-state index contributed by atoms with van der Waals surface area (Å²) in [6, 6.07) is 1.46. The molecular weight excluding hydrogens is 434 g/mol. The van der Waals surface area contributed by atoms with Crippen LogP contribution in [0.5, 0.6) is 0 Å². The second kappa shape index (κ2) is 7.03. The quantitative estimate of drug-likeness (QED) is 0.651. The Labute approximate surface area is 175 Å². The van der Waals surface area contributed by atoms with Crippen LogP contribution in [0.4, 0.5) is 8.78 Å². The number of hydrogen-bond donors (Lipinski definition) is 1. The molecule has 0 aromatic carbocycles. The molecule has 5 rings (SSSR count). The third-order valence-corrected chi connectivity index (χ3v) is 8.29. The average Bonchev–Trinajstić information content (AvgIpc) is 3.47. The van der Waals surface area contributed by atoms with Crippen molar-refractivity contribution in [3.05, 3.63) is 33.5 Å². The minimum absolute atomic E-state index is 0.0623. The zero-order valence-electron chi connectivity index (χ0n) is 16.2. The van der Waals surface area contributed by atoms with Gasteiger partial charge in [-0.1, -0.05) is 0 Å². The lowest BCUT2D eigenvalue weighted by atomic mass is 9.97. The minimum Gasteiger partial charge on any atom is -0.309 e. The molecule has 0 unspecified atom stereocenters. The van der Waals surface area contributed by atoms with Crippen LogP contribution < -0.4 is 5.56 Å². The zero-order valence-corrected chi connectivity index (χ0v) is 17.8. The van der Waals surface area contributed by atoms with Gasteiger partial charge in [0.2, 0.25) is 10.0 Å². The van der Waals surface area contributed by atoms with E-state index in [1.807, 2.05) is 0 Å². The SMILES string of the molecule is CS(=O)(=O)N1CCC(c2nc3c(sc4nc(C(F)F)cc(C5CC5)c43)c(=O)[nH]2)CC1. The van der Waals surface area contributed by atoms with Crippen molar-refractivity contribution in [1.82, 2.24) is 19.3 Å². The van der Waals surface area contributed by atoms with Crippen molar-refractivity contribution in [1.29, 1.82) is 0 Å². The van der Waals surface area contributed by atoms with Gasteiger partial charge in [-0.15, -0.1) is 11.3 Å². The molecule has 3 aromatic heterocycles. The molecule has 4 heterocycles. The molecule has 0 bridgehead atoms. The van der Waals surface area contributed by atoms with Gasteiger partial charge in [-0.25, -0.2) is 31.5 Å². The van der Waals surface area contributed by atoms with Gasteiger partial charge < -0.3 is 4.98 Å². The van der Waals surface area contributed by atoms with Crippen LogP contribution in [0.1, 0.15) is 61.0 Å². The highest BCUT2D eigenvalue weighted by atomic mass is 32.2. The molecule has 1 saturated heterocycles. The summed E-state index contributed by atoms with van der Waals surface area (Å²) in [5, 5.41) is 0.711. The van der Waals surface area contributed by atoms with Gasteiger partial charge in [0.1, 0.15) is 21.0 Å². The predicted octanol–water partition coefficient (Wildman–Crippen LogP) is 3.49. The van der Waals surface area contributed by atoms with E-state index in [1.165, 1.54) is 16.6 Å². The van der Waals surface area contributed by atoms with E-state index in [-0.39, 0.29) is 23.1 Å². The Hall–Kier alpha value is -1.98. The highest BCUT2D eigenvalue weighted by Gasteiger charge is 2.31. The van der Waals surface area contributed by atoms with Crippen LogP contribution in [-0.2, 0) is 10.0 Å². The monoisotopic (exact) mass is 454 g/mol. The summed E-state index contributed by atoms with van der Waals surface area (Å²) >= 11 is 1.10. The maximum atomic E-state index is 13.3. The fourth-order valence-corrected chi connectivity index (χ4v) is 6.12. The number of fused-ring (bicyclic) bond motifs is 3. The second-order valence-corrected chi connectivity index (χ2v) is 11.0. The van der Waals surface area contributed by atoms with Crippen molar-refractivity contribution in [3.63, 3.8) is 0 Å². The largest absolute Gasteiger partial charge is 0.309 e. The maximum absolute atomic E-state index is 13.3. The van der Waals surface area contributed by atoms with E-state index < -0.39 is 16.4 Å². The zero-order chi connectivity index (χ0) is 21.2. The standard InChI is InChI=1S/C19H20F2N4O3S2/c1-30(27,28)25-6-4-10(5-7-25)17-23-14-13-11(9-2-3-9)8-12(16(20)21)22-19(13)29-15(14)18(26)24-17/h8-10,16H,2-7H2,1H3,(H,23,24,26). The van der Waals surface area contributed by atoms with Crippen LogP contribution in [0, 0.1) is 0 Å². The van der Waals surface area contributed by atoms with Crippen LogP contribution >= 0.6 is 11.3 Å². The van der Waals surface area contributed by atoms with Crippen molar-refractivity contribution in [2.24, 2.45) is 0 Å². The molecule has 0 atom stereocenters. The van der Waals surface area contributed by atoms with Gasteiger partial charge in [-0.05, 0) is 43.2 Å². The molecule has 0 amide bonds. The molecular formula is C19H20F2N4O3S2. The first-order valence-corrected chi connectivity index (χ1v) is 12.5. The lowest BCUT2D eigenvalue weighted by Gasteiger charge is -2.29. The maximum Gasteiger partial charge on any atom is 0.280 e. The number of halogens is 2. The Kier molecular flexibility index (Phi) is 4.67. The van der Waals surface area contributed by atoms with Crippen molar-refractivity contribution in [3.8, 4) is 0 Å². The number of H-pyrrole nitrogens is 1. The predicted molar refractivity (Wildman–Crippen MR) is 111 cm³/mol. The van der Waals surface area contributed by atoms with Gasteiger partial charge in [0.15, 0.2) is 0 Å². The number of nitrogens with zero attached hydrogens (tertiary/aromatic N) is 3. The molecule has 0 radical (unpaired) electrons. The first-order valence-electron chi connectivity index (χ1n) is 9.83. The van der Waals surface area contributed by atoms with Crippen LogP contribution in [0.3, 0.4) is 0 Å². The highest BCUT2D eigenvalue weighted by Crippen LogP contribution is 2.46. The third-order valence-electron chi connectivity index (χ3n) is 5.92. The number of alkyl halides is 2. The number of nitrogens with one attached hydrogen (secondary N) is 1. The van der Waals surface area contributed by atoms with Gasteiger partial charge in [0.05, 0.1) is 11.8 Å². The van der Waals surface area contributed by atoms with Crippen LogP contribution in [-0.4, -0.2) is 47.0 Å². The Balaban J connectivity index is 1.61. The van der Waals surface area contributed by atoms with E-state index in [4.69, 9.17) is 4.98 Å². The number of piperidine rings is 1. The third kappa shape index (κ3) is 3.42. The normalized spacial score (nSPS) is 19.3. The minimum atomic E-state index is -3.24. The number of aromatic amines is 1. The number of rotatable bonds is 4. The second-order valence-electron chi connectivity index (χ2n) is 8.06. The fourth-order valence-electron chi connectivity index (χ4n) is 4.20. The van der Waals surface area contributed by atoms with Gasteiger partial charge in [0.25, 0.3) is 12.0 Å². The fraction of sp³-hybridized carbons (Fsp3) is 0.526. The van der Waals surface area contributed by atoms with E-state index in [1.54, 1.807) is 0 Å². The van der Waals surface area contributed by atoms with Gasteiger partial charge in [0, 0.05) is 24.4 Å². The molecule has 1 aliphatic heterocycles. The lowest BCUT2D eigenvalue weighted by Crippen LogP contribution is -2.37. The van der Waals surface area contributed by atoms with E-state index in [9.17, 15) is 22.0 Å². The number of hydrogen-bond acceptors (Lipinski definition) is 6. The summed E-state index contributed by atoms with van der Waals surface area (Å²) in [7, 11) is -3.24. The summed E-state index contributed by atoms with van der Waals surface area (Å²) in [5.74, 6) is 0.668. The summed E-state index contributed by atoms with van der Waals surface area (Å²) < 4.78 is 52.0. The Bertz CT molecular complexity index is 1310. The van der Waals surface area contributed by atoms with Gasteiger partial charge in [-0.2, -0.15) is 0 Å². The molecule has 7 nitrogen and oxygen atoms in total. The summed E-state index contributed by atoms with van der Waals surface area (Å²) in [6.07, 6.45) is 1.51. The van der Waals surface area contributed by atoms with Crippen LogP contribution in [0.15, 0.2) is 10.9 Å². The topological polar surface area (TPSA) is 96.0 Å². The molecule has 160 valence electrons. The van der Waals surface area contributed by atoms with Gasteiger partial charge in [-0.3, -0.25) is 4.79 Å². The molecule has 30 heavy (non-hydrogen) atoms. The number of thiophene rings is 1. The molecule has 2 aliphatic rings. The van der Waals surface area contributed by atoms with E-state index in [0.717, 1.165) is 29.7 Å². The first kappa shape index (κ1) is 20.0. The van der Waals surface area contributed by atoms with E-state index in [2.05, 4.69) is 9.97 Å². The summed E-state index contributed by atoms with van der Waals surface area (Å²) in [4.78, 5) is 24.9. The van der Waals surface area contributed by atoms with E-state index in [0.29, 0.717) is 52.2 Å². The smallest absolute Gasteiger partial charge is 0.280 e. The Morgan fingerprint density at radius 3 is 2.47 bits per heavy atom. The van der Waals surface area contributed by atoms with Crippen LogP contribution in [0.2, 0.25) is 0 Å². The molecule has 1 aliphatic carbocycles. The summed E-state index contributed by atoms with van der Waals surface area (Å²) in [6.45, 7) is 0.754. The van der Waals surface area contributed by atoms with E-state index >= 15 is 0 Å². The van der Waals surface area contributed by atoms with Crippen molar-refractivity contribution in [2.75, 3.05) is 19.3 Å². The molecule has 1 N–H and O–H groups in total. The lowest BCUT2D eigenvalue weighted by molar-refractivity contribution is 0.146. The first-order chi connectivity index (χ1) is 14.2. The van der Waals surface area contributed by atoms with Crippen LogP contribution in [0.25, 0.3) is 20.4 Å². The van der Waals surface area contributed by atoms with Crippen molar-refractivity contribution in [2.45, 2.75) is 43.9 Å². The van der Waals surface area contributed by atoms with Gasteiger partial charge >= 0.3 is 0 Å². The van der Waals surface area contributed by atoms with Crippen molar-refractivity contribution >= 4 is 41.8 Å². The molecule has 2 fully saturated rings. The Morgan fingerprint density at radius 1 is 1.17 bits per heavy atom. The Morgan fingerprint density at radius 2 is 1.87 bits per heavy atom. The molecule has 3 aromatic rings. The number of aromatic nitrogens is 3. The van der Waals surface area contributed by atoms with Crippen molar-refractivity contribution < 1.29 is 17.2 Å². The number of sulfonamides is 1. The molecule has 11 heteroatoms. The highest BCUT2D eigenvalue weighted by molar-refractivity contribution is 7.88. The summed E-state index contributed by atoms with van der Waals surface area (Å²) in [5.41, 5.74) is 0.761. The molecule has 0 spiro atoms. The average molecular weight is 455 g/mol. The number of pyridine rings is 1.